The number of sulfonamides is 1. The van der Waals surface area contributed by atoms with Crippen LogP contribution in [-0.4, -0.2) is 35.5 Å². The van der Waals surface area contributed by atoms with Gasteiger partial charge in [-0.2, -0.15) is 9.40 Å². The molecule has 1 aliphatic heterocycles. The van der Waals surface area contributed by atoms with Crippen LogP contribution < -0.4 is 5.73 Å². The molecule has 0 amide bonds. The Morgan fingerprint density at radius 3 is 3.00 bits per heavy atom. The Morgan fingerprint density at radius 2 is 2.44 bits per heavy atom. The summed E-state index contributed by atoms with van der Waals surface area (Å²) >= 11 is 0. The van der Waals surface area contributed by atoms with Gasteiger partial charge in [0, 0.05) is 24.7 Å². The molecule has 7 heteroatoms. The van der Waals surface area contributed by atoms with Gasteiger partial charge in [0.1, 0.15) is 0 Å². The van der Waals surface area contributed by atoms with Gasteiger partial charge in [0.25, 0.3) is 10.0 Å². The van der Waals surface area contributed by atoms with Crippen molar-refractivity contribution in [2.75, 3.05) is 6.54 Å². The summed E-state index contributed by atoms with van der Waals surface area (Å²) in [5, 5.41) is 6.42. The molecule has 0 aromatic carbocycles. The van der Waals surface area contributed by atoms with Crippen molar-refractivity contribution in [1.29, 1.82) is 0 Å². The fourth-order valence-electron chi connectivity index (χ4n) is 2.05. The second kappa shape index (κ2) is 4.15. The summed E-state index contributed by atoms with van der Waals surface area (Å²) in [4.78, 5) is 0. The van der Waals surface area contributed by atoms with Gasteiger partial charge in [0.2, 0.25) is 0 Å². The van der Waals surface area contributed by atoms with Gasteiger partial charge in [0.05, 0.1) is 6.20 Å². The van der Waals surface area contributed by atoms with E-state index in [-0.39, 0.29) is 17.6 Å². The number of hydrogen-bond acceptors (Lipinski definition) is 4. The highest BCUT2D eigenvalue weighted by Crippen LogP contribution is 2.25. The number of nitrogens with two attached hydrogens (primary N) is 1. The summed E-state index contributed by atoms with van der Waals surface area (Å²) in [5.41, 5.74) is 6.02. The van der Waals surface area contributed by atoms with E-state index in [4.69, 9.17) is 5.73 Å². The molecule has 0 radical (unpaired) electrons. The number of H-pyrrole nitrogens is 1. The monoisotopic (exact) mass is 244 g/mol. The molecule has 6 nitrogen and oxygen atoms in total. The first kappa shape index (κ1) is 11.6. The van der Waals surface area contributed by atoms with E-state index < -0.39 is 10.0 Å². The Hall–Kier alpha value is -0.920. The molecule has 0 aliphatic carbocycles. The van der Waals surface area contributed by atoms with Crippen LogP contribution in [0, 0.1) is 0 Å². The molecule has 0 saturated carbocycles. The van der Waals surface area contributed by atoms with E-state index in [0.29, 0.717) is 12.1 Å². The third-order valence-corrected chi connectivity index (χ3v) is 4.99. The van der Waals surface area contributed by atoms with Crippen LogP contribution in [0.2, 0.25) is 0 Å². The molecule has 0 bridgehead atoms. The lowest BCUT2D eigenvalue weighted by Crippen LogP contribution is -2.34. The van der Waals surface area contributed by atoms with Crippen LogP contribution in [0.5, 0.6) is 0 Å². The Morgan fingerprint density at radius 1 is 1.69 bits per heavy atom. The number of nitrogens with one attached hydrogen (secondary N) is 1. The first-order valence-corrected chi connectivity index (χ1v) is 6.75. The van der Waals surface area contributed by atoms with Gasteiger partial charge in [-0.05, 0) is 19.8 Å². The normalized spacial score (nSPS) is 22.8. The first-order valence-electron chi connectivity index (χ1n) is 5.31. The molecule has 1 unspecified atom stereocenters. The topological polar surface area (TPSA) is 92.1 Å². The van der Waals surface area contributed by atoms with Crippen molar-refractivity contribution in [1.82, 2.24) is 14.5 Å². The number of hydrogen-bond donors (Lipinski definition) is 2. The van der Waals surface area contributed by atoms with Gasteiger partial charge in [-0.25, -0.2) is 8.42 Å². The summed E-state index contributed by atoms with van der Waals surface area (Å²) in [6, 6.07) is 0.0546. The minimum atomic E-state index is -3.45. The molecular formula is C9H16N4O2S. The summed E-state index contributed by atoms with van der Waals surface area (Å²) < 4.78 is 26.1. The average molecular weight is 244 g/mol. The molecule has 16 heavy (non-hydrogen) atoms. The Balaban J connectivity index is 2.39. The molecule has 1 aromatic rings. The third kappa shape index (κ3) is 1.74. The molecule has 1 aromatic heterocycles. The number of aromatic amines is 1. The van der Waals surface area contributed by atoms with E-state index in [1.165, 1.54) is 10.5 Å². The molecule has 1 atom stereocenters. The van der Waals surface area contributed by atoms with E-state index in [1.807, 2.05) is 6.92 Å². The van der Waals surface area contributed by atoms with Crippen LogP contribution in [0.15, 0.2) is 11.2 Å². The average Bonchev–Trinajstić information content (AvgIpc) is 2.85. The van der Waals surface area contributed by atoms with Crippen molar-refractivity contribution in [2.45, 2.75) is 37.4 Å². The Bertz CT molecular complexity index is 468. The zero-order valence-electron chi connectivity index (χ0n) is 9.18. The smallest absolute Gasteiger partial charge is 0.260 e. The maximum Gasteiger partial charge on any atom is 0.260 e. The lowest BCUT2D eigenvalue weighted by Gasteiger charge is -2.20. The van der Waals surface area contributed by atoms with Crippen molar-refractivity contribution in [3.05, 3.63) is 11.8 Å². The van der Waals surface area contributed by atoms with Gasteiger partial charge in [-0.1, -0.05) is 0 Å². The second-order valence-electron chi connectivity index (χ2n) is 4.04. The maximum atomic E-state index is 12.3. The zero-order chi connectivity index (χ0) is 11.8. The van der Waals surface area contributed by atoms with E-state index in [2.05, 4.69) is 10.2 Å². The molecule has 2 rings (SSSR count). The fraction of sp³-hybridized carbons (Fsp3) is 0.667. The highest BCUT2D eigenvalue weighted by molar-refractivity contribution is 7.89. The minimum Gasteiger partial charge on any atom is -0.326 e. The molecule has 1 fully saturated rings. The van der Waals surface area contributed by atoms with Crippen molar-refractivity contribution in [2.24, 2.45) is 5.73 Å². The summed E-state index contributed by atoms with van der Waals surface area (Å²) in [5.74, 6) is 0. The van der Waals surface area contributed by atoms with E-state index in [0.717, 1.165) is 12.8 Å². The molecule has 3 N–H and O–H groups in total. The lowest BCUT2D eigenvalue weighted by molar-refractivity contribution is 0.405. The highest BCUT2D eigenvalue weighted by atomic mass is 32.2. The van der Waals surface area contributed by atoms with E-state index in [1.54, 1.807) is 0 Å². The van der Waals surface area contributed by atoms with Crippen molar-refractivity contribution < 1.29 is 8.42 Å². The molecule has 1 aliphatic rings. The van der Waals surface area contributed by atoms with Crippen LogP contribution in [0.1, 0.15) is 25.3 Å². The van der Waals surface area contributed by atoms with Crippen molar-refractivity contribution >= 4 is 10.0 Å². The molecule has 90 valence electrons. The van der Waals surface area contributed by atoms with Gasteiger partial charge in [-0.3, -0.25) is 5.10 Å². The lowest BCUT2D eigenvalue weighted by atomic mass is 10.3. The molecular weight excluding hydrogens is 228 g/mol. The predicted molar refractivity (Wildman–Crippen MR) is 59.1 cm³/mol. The zero-order valence-corrected chi connectivity index (χ0v) is 10.00. The molecule has 1 saturated heterocycles. The number of rotatable bonds is 3. The van der Waals surface area contributed by atoms with E-state index >= 15 is 0 Å². The van der Waals surface area contributed by atoms with E-state index in [9.17, 15) is 8.42 Å². The Kier molecular flexibility index (Phi) is 3.00. The standard InChI is InChI=1S/C9H16N4O2S/c1-7-3-2-4-13(7)16(14,15)9-8(5-10)6-11-12-9/h6-7H,2-5,10H2,1H3,(H,11,12). The highest BCUT2D eigenvalue weighted by Gasteiger charge is 2.34. The van der Waals surface area contributed by atoms with Crippen LogP contribution in [0.25, 0.3) is 0 Å². The van der Waals surface area contributed by atoms with Crippen LogP contribution in [0.4, 0.5) is 0 Å². The largest absolute Gasteiger partial charge is 0.326 e. The van der Waals surface area contributed by atoms with Crippen LogP contribution >= 0.6 is 0 Å². The Labute approximate surface area is 94.9 Å². The SMILES string of the molecule is CC1CCCN1S(=O)(=O)c1[nH]ncc1CN. The maximum absolute atomic E-state index is 12.3. The van der Waals surface area contributed by atoms with Crippen LogP contribution in [0.3, 0.4) is 0 Å². The molecule has 2 heterocycles. The summed E-state index contributed by atoms with van der Waals surface area (Å²) in [6.07, 6.45) is 3.28. The van der Waals surface area contributed by atoms with Gasteiger partial charge < -0.3 is 5.73 Å². The quantitative estimate of drug-likeness (QED) is 0.785. The van der Waals surface area contributed by atoms with Gasteiger partial charge >= 0.3 is 0 Å². The van der Waals surface area contributed by atoms with Crippen LogP contribution in [-0.2, 0) is 16.6 Å². The first-order chi connectivity index (χ1) is 7.57. The van der Waals surface area contributed by atoms with Gasteiger partial charge in [0.15, 0.2) is 5.03 Å². The van der Waals surface area contributed by atoms with Gasteiger partial charge in [-0.15, -0.1) is 0 Å². The summed E-state index contributed by atoms with van der Waals surface area (Å²) in [6.45, 7) is 2.67. The molecule has 0 spiro atoms. The fourth-order valence-corrected chi connectivity index (χ4v) is 3.87. The van der Waals surface area contributed by atoms with Crippen molar-refractivity contribution in [3.8, 4) is 0 Å². The van der Waals surface area contributed by atoms with Crippen molar-refractivity contribution in [3.63, 3.8) is 0 Å². The second-order valence-corrected chi connectivity index (χ2v) is 5.86. The minimum absolute atomic E-state index is 0.0546. The third-order valence-electron chi connectivity index (χ3n) is 2.96. The predicted octanol–water partition coefficient (Wildman–Crippen LogP) is 0.0414. The number of nitrogens with zero attached hydrogens (tertiary/aromatic N) is 2. The number of aromatic nitrogens is 2. The summed E-state index contributed by atoms with van der Waals surface area (Å²) in [7, 11) is -3.45.